The Balaban J connectivity index is 1.11. The molecule has 12 rings (SSSR count). The molecule has 12 aromatic rings. The molecule has 0 aliphatic carbocycles. The molecule has 0 atom stereocenters. The van der Waals surface area contributed by atoms with E-state index in [-0.39, 0.29) is 0 Å². The lowest BCUT2D eigenvalue weighted by atomic mass is 9.98. The van der Waals surface area contributed by atoms with Crippen molar-refractivity contribution in [1.29, 1.82) is 0 Å². The zero-order valence-corrected chi connectivity index (χ0v) is 31.1. The number of furan rings is 2. The Morgan fingerprint density at radius 1 is 0.293 bits per heavy atom. The lowest BCUT2D eigenvalue weighted by Crippen LogP contribution is -2.01. The van der Waals surface area contributed by atoms with Crippen molar-refractivity contribution in [2.45, 2.75) is 0 Å². The fraction of sp³-hybridized carbons (Fsp3) is 0. The van der Waals surface area contributed by atoms with Gasteiger partial charge in [0.2, 0.25) is 0 Å². The number of aromatic nitrogens is 3. The summed E-state index contributed by atoms with van der Waals surface area (Å²) in [6.07, 6.45) is 0. The Hall–Kier alpha value is -7.89. The van der Waals surface area contributed by atoms with E-state index in [0.29, 0.717) is 17.5 Å². The second-order valence-corrected chi connectivity index (χ2v) is 14.8. The summed E-state index contributed by atoms with van der Waals surface area (Å²) in [5.41, 5.74) is 10.2. The number of fused-ring (bicyclic) bond motifs is 9. The molecule has 3 heterocycles. The van der Waals surface area contributed by atoms with Crippen molar-refractivity contribution in [3.63, 3.8) is 0 Å². The van der Waals surface area contributed by atoms with Gasteiger partial charge in [0.1, 0.15) is 22.3 Å². The van der Waals surface area contributed by atoms with E-state index in [1.807, 2.05) is 36.4 Å². The first-order valence-corrected chi connectivity index (χ1v) is 19.4. The molecular weight excluding hydrogens is 711 g/mol. The molecule has 0 bridgehead atoms. The summed E-state index contributed by atoms with van der Waals surface area (Å²) in [5, 5.41) is 8.57. The second-order valence-electron chi connectivity index (χ2n) is 14.8. The summed E-state index contributed by atoms with van der Waals surface area (Å²) in [6.45, 7) is 0. The third-order valence-corrected chi connectivity index (χ3v) is 11.3. The normalized spacial score (nSPS) is 11.8. The highest BCUT2D eigenvalue weighted by atomic mass is 16.3. The molecule has 5 heteroatoms. The fourth-order valence-electron chi connectivity index (χ4n) is 8.49. The lowest BCUT2D eigenvalue weighted by Gasteiger charge is -2.12. The monoisotopic (exact) mass is 741 g/mol. The molecule has 9 aromatic carbocycles. The van der Waals surface area contributed by atoms with E-state index < -0.39 is 0 Å². The van der Waals surface area contributed by atoms with Crippen LogP contribution < -0.4 is 0 Å². The molecule has 0 saturated heterocycles. The van der Waals surface area contributed by atoms with Crippen molar-refractivity contribution in [1.82, 2.24) is 15.0 Å². The number of para-hydroxylation sites is 1. The zero-order valence-electron chi connectivity index (χ0n) is 31.1. The third-order valence-electron chi connectivity index (χ3n) is 11.3. The van der Waals surface area contributed by atoms with Crippen molar-refractivity contribution in [3.8, 4) is 56.4 Å². The van der Waals surface area contributed by atoms with Gasteiger partial charge in [0.05, 0.1) is 0 Å². The number of benzene rings is 9. The summed E-state index contributed by atoms with van der Waals surface area (Å²) >= 11 is 0. The van der Waals surface area contributed by atoms with Gasteiger partial charge in [-0.25, -0.2) is 15.0 Å². The van der Waals surface area contributed by atoms with Crippen molar-refractivity contribution >= 4 is 65.4 Å². The summed E-state index contributed by atoms with van der Waals surface area (Å²) in [7, 11) is 0. The molecule has 0 spiro atoms. The summed E-state index contributed by atoms with van der Waals surface area (Å²) in [6, 6.07) is 65.1. The van der Waals surface area contributed by atoms with E-state index in [4.69, 9.17) is 23.8 Å². The summed E-state index contributed by atoms with van der Waals surface area (Å²) in [4.78, 5) is 15.9. The van der Waals surface area contributed by atoms with Crippen LogP contribution in [0.1, 0.15) is 0 Å². The molecule has 58 heavy (non-hydrogen) atoms. The van der Waals surface area contributed by atoms with Crippen molar-refractivity contribution < 1.29 is 8.83 Å². The summed E-state index contributed by atoms with van der Waals surface area (Å²) in [5.74, 6) is 1.70. The Bertz CT molecular complexity index is 3570. The van der Waals surface area contributed by atoms with Gasteiger partial charge in [-0.05, 0) is 74.8 Å². The molecule has 3 aromatic heterocycles. The van der Waals surface area contributed by atoms with Crippen LogP contribution in [0.15, 0.2) is 197 Å². The van der Waals surface area contributed by atoms with Gasteiger partial charge in [0, 0.05) is 43.6 Å². The summed E-state index contributed by atoms with van der Waals surface area (Å²) < 4.78 is 13.2. The third kappa shape index (κ3) is 5.21. The van der Waals surface area contributed by atoms with E-state index in [9.17, 15) is 0 Å². The van der Waals surface area contributed by atoms with Gasteiger partial charge in [-0.3, -0.25) is 0 Å². The van der Waals surface area contributed by atoms with Crippen LogP contribution in [0.5, 0.6) is 0 Å². The fourth-order valence-corrected chi connectivity index (χ4v) is 8.49. The SMILES string of the molecule is c1ccc(-c2cc(-c3nc(-c4ccc(-c5ccc6ccccc6c5)cc4)nc(-c4cccc5oc6c7ccccc7ccc6c45)n3)c3c(c2)oc2ccccc23)cc1. The Labute approximate surface area is 332 Å². The van der Waals surface area contributed by atoms with Crippen LogP contribution in [0.4, 0.5) is 0 Å². The Kier molecular flexibility index (Phi) is 7.16. The molecule has 0 N–H and O–H groups in total. The minimum absolute atomic E-state index is 0.559. The van der Waals surface area contributed by atoms with Crippen LogP contribution in [-0.2, 0) is 0 Å². The number of hydrogen-bond donors (Lipinski definition) is 0. The molecule has 0 aliphatic rings. The maximum Gasteiger partial charge on any atom is 0.164 e. The van der Waals surface area contributed by atoms with Gasteiger partial charge in [-0.2, -0.15) is 0 Å². The predicted octanol–water partition coefficient (Wildman–Crippen LogP) is 14.3. The maximum absolute atomic E-state index is 6.62. The average molecular weight is 742 g/mol. The van der Waals surface area contributed by atoms with Crippen molar-refractivity contribution in [2.24, 2.45) is 0 Å². The molecule has 0 unspecified atom stereocenters. The van der Waals surface area contributed by atoms with E-state index in [1.54, 1.807) is 0 Å². The van der Waals surface area contributed by atoms with Gasteiger partial charge < -0.3 is 8.83 Å². The first kappa shape index (κ1) is 32.4. The van der Waals surface area contributed by atoms with E-state index in [0.717, 1.165) is 93.6 Å². The largest absolute Gasteiger partial charge is 0.456 e. The minimum Gasteiger partial charge on any atom is -0.456 e. The number of hydrogen-bond acceptors (Lipinski definition) is 5. The molecule has 0 amide bonds. The highest BCUT2D eigenvalue weighted by molar-refractivity contribution is 6.19. The molecular formula is C53H31N3O2. The van der Waals surface area contributed by atoms with Gasteiger partial charge in [0.15, 0.2) is 17.5 Å². The van der Waals surface area contributed by atoms with Crippen molar-refractivity contribution in [3.05, 3.63) is 188 Å². The quantitative estimate of drug-likeness (QED) is 0.176. The molecule has 5 nitrogen and oxygen atoms in total. The standard InChI is InChI=1S/C53H31N3O2/c1-2-11-32(12-3-1)39-30-44(48-41-17-8-9-19-45(41)57-47(48)31-39)53-55-51(36-24-21-34(22-25-36)38-26-23-33-13-4-5-15-37(33)29-38)54-52(56-53)43-18-10-20-46-49(43)42-28-27-35-14-6-7-16-40(35)50(42)58-46/h1-31H. The van der Waals surface area contributed by atoms with Crippen LogP contribution in [-0.4, -0.2) is 15.0 Å². The van der Waals surface area contributed by atoms with Crippen LogP contribution >= 0.6 is 0 Å². The van der Waals surface area contributed by atoms with Gasteiger partial charge in [0.25, 0.3) is 0 Å². The second kappa shape index (κ2) is 12.8. The zero-order chi connectivity index (χ0) is 38.2. The van der Waals surface area contributed by atoms with Crippen LogP contribution in [0.3, 0.4) is 0 Å². The van der Waals surface area contributed by atoms with E-state index in [2.05, 4.69) is 152 Å². The Morgan fingerprint density at radius 2 is 0.914 bits per heavy atom. The molecule has 270 valence electrons. The number of rotatable bonds is 5. The predicted molar refractivity (Wildman–Crippen MR) is 237 cm³/mol. The first-order chi connectivity index (χ1) is 28.7. The minimum atomic E-state index is 0.559. The van der Waals surface area contributed by atoms with Crippen LogP contribution in [0, 0.1) is 0 Å². The highest BCUT2D eigenvalue weighted by Crippen LogP contribution is 2.42. The van der Waals surface area contributed by atoms with Gasteiger partial charge in [-0.1, -0.05) is 152 Å². The topological polar surface area (TPSA) is 65.0 Å². The first-order valence-electron chi connectivity index (χ1n) is 19.4. The molecule has 0 saturated carbocycles. The molecule has 0 fully saturated rings. The smallest absolute Gasteiger partial charge is 0.164 e. The maximum atomic E-state index is 6.62. The lowest BCUT2D eigenvalue weighted by molar-refractivity contribution is 0.669. The Morgan fingerprint density at radius 3 is 1.78 bits per heavy atom. The highest BCUT2D eigenvalue weighted by Gasteiger charge is 2.22. The molecule has 0 radical (unpaired) electrons. The van der Waals surface area contributed by atoms with E-state index in [1.165, 1.54) is 10.8 Å². The number of nitrogens with zero attached hydrogens (tertiary/aromatic N) is 3. The van der Waals surface area contributed by atoms with E-state index >= 15 is 0 Å². The van der Waals surface area contributed by atoms with Crippen molar-refractivity contribution in [2.75, 3.05) is 0 Å². The van der Waals surface area contributed by atoms with Gasteiger partial charge >= 0.3 is 0 Å². The average Bonchev–Trinajstić information content (AvgIpc) is 3.88. The van der Waals surface area contributed by atoms with Crippen LogP contribution in [0.2, 0.25) is 0 Å². The van der Waals surface area contributed by atoms with Crippen LogP contribution in [0.25, 0.3) is 122 Å². The molecule has 0 aliphatic heterocycles. The van der Waals surface area contributed by atoms with Gasteiger partial charge in [-0.15, -0.1) is 0 Å².